The lowest BCUT2D eigenvalue weighted by molar-refractivity contribution is 0.971. The van der Waals surface area contributed by atoms with Gasteiger partial charge in [-0.2, -0.15) is 0 Å². The molecule has 0 nitrogen and oxygen atoms in total. The van der Waals surface area contributed by atoms with E-state index >= 15 is 0 Å². The molecule has 0 aliphatic carbocycles. The Morgan fingerprint density at radius 3 is 2.00 bits per heavy atom. The average molecular weight is 264 g/mol. The van der Waals surface area contributed by atoms with Gasteiger partial charge in [0.05, 0.1) is 0 Å². The van der Waals surface area contributed by atoms with Crippen LogP contribution in [0.1, 0.15) is 37.3 Å². The second kappa shape index (κ2) is 9.80. The molecule has 0 fully saturated rings. The number of allylic oxidation sites excluding steroid dienone is 2. The van der Waals surface area contributed by atoms with Crippen LogP contribution < -0.4 is 0 Å². The highest BCUT2D eigenvalue weighted by Crippen LogP contribution is 2.14. The molecule has 0 aromatic heterocycles. The summed E-state index contributed by atoms with van der Waals surface area (Å²) in [6.07, 6.45) is 7.36. The number of hydrogen-bond donors (Lipinski definition) is 0. The van der Waals surface area contributed by atoms with E-state index < -0.39 is 0 Å². The van der Waals surface area contributed by atoms with E-state index in [1.807, 2.05) is 18.2 Å². The second-order valence-electron chi connectivity index (χ2n) is 4.66. The molecule has 0 heterocycles. The molecule has 0 aliphatic rings. The van der Waals surface area contributed by atoms with E-state index in [0.717, 1.165) is 6.42 Å². The Hall–Kier alpha value is -2.08. The largest absolute Gasteiger partial charge is 0.102 e. The molecule has 1 atom stereocenters. The van der Waals surface area contributed by atoms with Crippen LogP contribution in [0.5, 0.6) is 0 Å². The smallest absolute Gasteiger partial charge is 0.00131 e. The maximum absolute atomic E-state index is 3.74. The summed E-state index contributed by atoms with van der Waals surface area (Å²) in [7, 11) is 0. The second-order valence-corrected chi connectivity index (χ2v) is 4.66. The lowest BCUT2D eigenvalue weighted by Crippen LogP contribution is -1.85. The van der Waals surface area contributed by atoms with Crippen LogP contribution in [-0.2, 0) is 0 Å². The topological polar surface area (TPSA) is 0 Å². The Balaban J connectivity index is 0.000000200. The van der Waals surface area contributed by atoms with Gasteiger partial charge in [0.1, 0.15) is 0 Å². The third kappa shape index (κ3) is 6.19. The van der Waals surface area contributed by atoms with Crippen LogP contribution >= 0.6 is 0 Å². The maximum Gasteiger partial charge on any atom is -0.00131 e. The molecule has 2 rings (SSSR count). The highest BCUT2D eigenvalue weighted by Gasteiger charge is 1.96. The highest BCUT2D eigenvalue weighted by molar-refractivity contribution is 5.48. The zero-order valence-corrected chi connectivity index (χ0v) is 12.5. The fourth-order valence-electron chi connectivity index (χ4n) is 1.71. The lowest BCUT2D eigenvalue weighted by atomic mass is 10.0. The first-order valence-electron chi connectivity index (χ1n) is 7.17. The molecule has 0 aliphatic heterocycles. The van der Waals surface area contributed by atoms with Gasteiger partial charge in [0.2, 0.25) is 0 Å². The molecule has 0 radical (unpaired) electrons. The molecular formula is C20H24. The van der Waals surface area contributed by atoms with Crippen molar-refractivity contribution in [1.29, 1.82) is 0 Å². The molecule has 0 bridgehead atoms. The van der Waals surface area contributed by atoms with Crippen LogP contribution in [0.25, 0.3) is 6.08 Å². The SMILES string of the molecule is C=CC(C)c1ccccc1.CC/C=C/c1ccccc1. The van der Waals surface area contributed by atoms with Gasteiger partial charge in [-0.3, -0.25) is 0 Å². The molecule has 0 spiro atoms. The van der Waals surface area contributed by atoms with Gasteiger partial charge in [0, 0.05) is 0 Å². The standard InChI is InChI=1S/2C10H12/c1-3-9(2)10-7-5-4-6-8-10;1-2-3-7-10-8-5-4-6-9-10/h3-9H,1H2,2H3;3-9H,2H2,1H3/b;7-3+. The van der Waals surface area contributed by atoms with Gasteiger partial charge >= 0.3 is 0 Å². The van der Waals surface area contributed by atoms with Crippen molar-refractivity contribution in [2.75, 3.05) is 0 Å². The number of benzene rings is 2. The minimum absolute atomic E-state index is 0.473. The summed E-state index contributed by atoms with van der Waals surface area (Å²) in [5.41, 5.74) is 2.61. The van der Waals surface area contributed by atoms with Crippen LogP contribution in [0.3, 0.4) is 0 Å². The Morgan fingerprint density at radius 2 is 1.50 bits per heavy atom. The summed E-state index contributed by atoms with van der Waals surface area (Å²) in [6, 6.07) is 20.7. The Bertz CT molecular complexity index is 494. The van der Waals surface area contributed by atoms with Crippen LogP contribution in [0, 0.1) is 0 Å². The molecule has 104 valence electrons. The fraction of sp³-hybridized carbons (Fsp3) is 0.200. The van der Waals surface area contributed by atoms with Crippen molar-refractivity contribution in [3.8, 4) is 0 Å². The quantitative estimate of drug-likeness (QED) is 0.586. The molecule has 2 aromatic carbocycles. The van der Waals surface area contributed by atoms with Crippen LogP contribution in [-0.4, -0.2) is 0 Å². The molecule has 0 saturated carbocycles. The van der Waals surface area contributed by atoms with Crippen molar-refractivity contribution >= 4 is 6.08 Å². The summed E-state index contributed by atoms with van der Waals surface area (Å²) >= 11 is 0. The lowest BCUT2D eigenvalue weighted by Gasteiger charge is -2.03. The summed E-state index contributed by atoms with van der Waals surface area (Å²) in [4.78, 5) is 0. The first-order valence-corrected chi connectivity index (χ1v) is 7.17. The van der Waals surface area contributed by atoms with Crippen LogP contribution in [0.2, 0.25) is 0 Å². The van der Waals surface area contributed by atoms with Gasteiger partial charge in [-0.15, -0.1) is 6.58 Å². The first kappa shape index (κ1) is 16.0. The van der Waals surface area contributed by atoms with E-state index in [4.69, 9.17) is 0 Å². The van der Waals surface area contributed by atoms with Crippen molar-refractivity contribution in [3.05, 3.63) is 90.5 Å². The third-order valence-electron chi connectivity index (χ3n) is 3.02. The zero-order valence-electron chi connectivity index (χ0n) is 12.5. The van der Waals surface area contributed by atoms with Crippen molar-refractivity contribution < 1.29 is 0 Å². The fourth-order valence-corrected chi connectivity index (χ4v) is 1.71. The van der Waals surface area contributed by atoms with Gasteiger partial charge in [0.25, 0.3) is 0 Å². The van der Waals surface area contributed by atoms with Crippen molar-refractivity contribution in [1.82, 2.24) is 0 Å². The maximum atomic E-state index is 3.74. The monoisotopic (exact) mass is 264 g/mol. The summed E-state index contributed by atoms with van der Waals surface area (Å²) < 4.78 is 0. The summed E-state index contributed by atoms with van der Waals surface area (Å²) in [5.74, 6) is 0.473. The average Bonchev–Trinajstić information content (AvgIpc) is 2.54. The molecular weight excluding hydrogens is 240 g/mol. The number of hydrogen-bond acceptors (Lipinski definition) is 0. The zero-order chi connectivity index (χ0) is 14.6. The third-order valence-corrected chi connectivity index (χ3v) is 3.02. The minimum Gasteiger partial charge on any atom is -0.102 e. The molecule has 1 unspecified atom stereocenters. The minimum atomic E-state index is 0.473. The van der Waals surface area contributed by atoms with E-state index in [2.05, 4.69) is 81.1 Å². The molecule has 0 N–H and O–H groups in total. The van der Waals surface area contributed by atoms with Crippen molar-refractivity contribution in [3.63, 3.8) is 0 Å². The molecule has 20 heavy (non-hydrogen) atoms. The van der Waals surface area contributed by atoms with Gasteiger partial charge < -0.3 is 0 Å². The summed E-state index contributed by atoms with van der Waals surface area (Å²) in [6.45, 7) is 8.02. The van der Waals surface area contributed by atoms with Crippen molar-refractivity contribution in [2.45, 2.75) is 26.2 Å². The Labute approximate surface area is 123 Å². The van der Waals surface area contributed by atoms with E-state index in [1.54, 1.807) is 0 Å². The van der Waals surface area contributed by atoms with E-state index in [9.17, 15) is 0 Å². The van der Waals surface area contributed by atoms with Gasteiger partial charge in [-0.25, -0.2) is 0 Å². The van der Waals surface area contributed by atoms with Crippen molar-refractivity contribution in [2.24, 2.45) is 0 Å². The van der Waals surface area contributed by atoms with Crippen LogP contribution in [0.15, 0.2) is 79.4 Å². The summed E-state index contributed by atoms with van der Waals surface area (Å²) in [5, 5.41) is 0. The molecule has 2 aromatic rings. The predicted octanol–water partition coefficient (Wildman–Crippen LogP) is 6.09. The van der Waals surface area contributed by atoms with E-state index in [-0.39, 0.29) is 0 Å². The normalized spacial score (nSPS) is 11.5. The predicted molar refractivity (Wildman–Crippen MR) is 90.8 cm³/mol. The molecule has 0 amide bonds. The molecule has 0 heteroatoms. The van der Waals surface area contributed by atoms with Crippen LogP contribution in [0.4, 0.5) is 0 Å². The van der Waals surface area contributed by atoms with Gasteiger partial charge in [-0.1, -0.05) is 92.7 Å². The first-order chi connectivity index (χ1) is 9.77. The Kier molecular flexibility index (Phi) is 7.83. The van der Waals surface area contributed by atoms with Gasteiger partial charge in [0.15, 0.2) is 0 Å². The Morgan fingerprint density at radius 1 is 0.950 bits per heavy atom. The number of rotatable bonds is 4. The highest BCUT2D eigenvalue weighted by atomic mass is 14.0. The van der Waals surface area contributed by atoms with E-state index in [0.29, 0.717) is 5.92 Å². The van der Waals surface area contributed by atoms with E-state index in [1.165, 1.54) is 11.1 Å². The van der Waals surface area contributed by atoms with Gasteiger partial charge in [-0.05, 0) is 23.5 Å². The molecule has 0 saturated heterocycles.